The first-order chi connectivity index (χ1) is 9.67. The molecule has 0 bridgehead atoms. The summed E-state index contributed by atoms with van der Waals surface area (Å²) in [7, 11) is 1.68. The second-order valence-electron chi connectivity index (χ2n) is 4.58. The summed E-state index contributed by atoms with van der Waals surface area (Å²) >= 11 is 7.81. The lowest BCUT2D eigenvalue weighted by molar-refractivity contribution is 0.404. The van der Waals surface area contributed by atoms with E-state index < -0.39 is 0 Å². The summed E-state index contributed by atoms with van der Waals surface area (Å²) in [6.45, 7) is 5.11. The third kappa shape index (κ3) is 3.32. The highest BCUT2D eigenvalue weighted by atomic mass is 35.5. The predicted molar refractivity (Wildman–Crippen MR) is 85.0 cm³/mol. The van der Waals surface area contributed by atoms with Crippen molar-refractivity contribution in [2.45, 2.75) is 26.3 Å². The maximum absolute atomic E-state index is 6.16. The summed E-state index contributed by atoms with van der Waals surface area (Å²) in [5.74, 6) is 0.843. The van der Waals surface area contributed by atoms with Crippen LogP contribution >= 0.6 is 22.9 Å². The van der Waals surface area contributed by atoms with Crippen molar-refractivity contribution >= 4 is 22.9 Å². The van der Waals surface area contributed by atoms with Crippen LogP contribution in [0.3, 0.4) is 0 Å². The number of thiazole rings is 1. The number of aromatic nitrogens is 1. The van der Waals surface area contributed by atoms with E-state index in [-0.39, 0.29) is 6.04 Å². The maximum Gasteiger partial charge on any atom is 0.124 e. The summed E-state index contributed by atoms with van der Waals surface area (Å²) in [6.07, 6.45) is 1.07. The molecule has 0 fully saturated rings. The quantitative estimate of drug-likeness (QED) is 0.868. The first-order valence-corrected chi connectivity index (χ1v) is 7.90. The normalized spacial score (nSPS) is 12.4. The van der Waals surface area contributed by atoms with Crippen molar-refractivity contribution in [2.75, 3.05) is 13.7 Å². The van der Waals surface area contributed by atoms with Gasteiger partial charge in [-0.2, -0.15) is 0 Å². The Balaban J connectivity index is 2.46. The minimum absolute atomic E-state index is 0.0658. The summed E-state index contributed by atoms with van der Waals surface area (Å²) in [4.78, 5) is 5.56. The summed E-state index contributed by atoms with van der Waals surface area (Å²) in [5, 5.41) is 4.28. The lowest BCUT2D eigenvalue weighted by Crippen LogP contribution is -2.23. The Morgan fingerprint density at radius 2 is 2.25 bits per heavy atom. The summed E-state index contributed by atoms with van der Waals surface area (Å²) < 4.78 is 5.48. The highest BCUT2D eigenvalue weighted by Crippen LogP contribution is 2.35. The number of nitrogens with one attached hydrogen (secondary N) is 1. The average Bonchev–Trinajstić information content (AvgIpc) is 2.86. The van der Waals surface area contributed by atoms with Gasteiger partial charge in [-0.25, -0.2) is 4.98 Å². The molecule has 0 aliphatic rings. The van der Waals surface area contributed by atoms with E-state index in [4.69, 9.17) is 16.3 Å². The Hall–Kier alpha value is -1.10. The van der Waals surface area contributed by atoms with E-state index in [1.165, 1.54) is 4.88 Å². The van der Waals surface area contributed by atoms with Crippen molar-refractivity contribution in [1.29, 1.82) is 0 Å². The fraction of sp³-hybridized carbons (Fsp3) is 0.400. The van der Waals surface area contributed by atoms with Crippen LogP contribution in [0, 0.1) is 6.92 Å². The molecule has 2 rings (SSSR count). The largest absolute Gasteiger partial charge is 0.496 e. The van der Waals surface area contributed by atoms with Crippen LogP contribution in [0.2, 0.25) is 5.02 Å². The predicted octanol–water partition coefficient (Wildman–Crippen LogP) is 4.20. The number of ether oxygens (including phenoxy) is 1. The van der Waals surface area contributed by atoms with Crippen molar-refractivity contribution in [1.82, 2.24) is 10.3 Å². The van der Waals surface area contributed by atoms with E-state index in [0.29, 0.717) is 5.02 Å². The van der Waals surface area contributed by atoms with Gasteiger partial charge in [-0.3, -0.25) is 0 Å². The van der Waals surface area contributed by atoms with Crippen LogP contribution in [-0.4, -0.2) is 18.6 Å². The highest BCUT2D eigenvalue weighted by molar-refractivity contribution is 7.09. The topological polar surface area (TPSA) is 34.1 Å². The zero-order valence-corrected chi connectivity index (χ0v) is 13.5. The number of rotatable bonds is 6. The molecule has 1 aromatic heterocycles. The lowest BCUT2D eigenvalue weighted by Gasteiger charge is -2.21. The van der Waals surface area contributed by atoms with Crippen LogP contribution < -0.4 is 10.1 Å². The minimum atomic E-state index is 0.0658. The molecule has 5 heteroatoms. The van der Waals surface area contributed by atoms with Gasteiger partial charge >= 0.3 is 0 Å². The van der Waals surface area contributed by atoms with Crippen molar-refractivity contribution < 1.29 is 4.74 Å². The smallest absolute Gasteiger partial charge is 0.124 e. The van der Waals surface area contributed by atoms with Gasteiger partial charge in [0.25, 0.3) is 0 Å². The Labute approximate surface area is 129 Å². The Kier molecular flexibility index (Phi) is 5.40. The molecule has 1 atom stereocenters. The van der Waals surface area contributed by atoms with Crippen LogP contribution in [0.25, 0.3) is 0 Å². The molecule has 1 heterocycles. The van der Waals surface area contributed by atoms with Crippen molar-refractivity contribution in [3.05, 3.63) is 44.9 Å². The first kappa shape index (κ1) is 15.3. The summed E-state index contributed by atoms with van der Waals surface area (Å²) in [6, 6.07) is 5.79. The number of hydrogen-bond acceptors (Lipinski definition) is 4. The molecule has 2 aromatic rings. The number of methoxy groups -OCH3 is 1. The monoisotopic (exact) mass is 310 g/mol. The summed E-state index contributed by atoms with van der Waals surface area (Å²) in [5.41, 5.74) is 3.98. The van der Waals surface area contributed by atoms with E-state index in [9.17, 15) is 0 Å². The second kappa shape index (κ2) is 7.07. The first-order valence-electron chi connectivity index (χ1n) is 6.64. The number of nitrogens with zero attached hydrogens (tertiary/aromatic N) is 1. The zero-order chi connectivity index (χ0) is 14.5. The standard InChI is InChI=1S/C15H19ClN2OS/c1-4-7-17-14(15-10(2)18-9-20-15)12-8-11(16)5-6-13(12)19-3/h5-6,8-9,14,17H,4,7H2,1-3H3. The molecule has 0 amide bonds. The third-order valence-electron chi connectivity index (χ3n) is 3.15. The third-order valence-corrected chi connectivity index (χ3v) is 4.38. The molecule has 0 saturated carbocycles. The van der Waals surface area contributed by atoms with Gasteiger partial charge in [0.05, 0.1) is 24.4 Å². The SMILES string of the molecule is CCCNC(c1cc(Cl)ccc1OC)c1scnc1C. The Bertz CT molecular complexity index is 571. The molecule has 0 saturated heterocycles. The van der Waals surface area contributed by atoms with E-state index in [1.54, 1.807) is 18.4 Å². The van der Waals surface area contributed by atoms with Gasteiger partial charge in [-0.05, 0) is 38.1 Å². The number of hydrogen-bond donors (Lipinski definition) is 1. The van der Waals surface area contributed by atoms with Crippen LogP contribution in [-0.2, 0) is 0 Å². The molecule has 1 unspecified atom stereocenters. The second-order valence-corrected chi connectivity index (χ2v) is 5.90. The molecule has 1 N–H and O–H groups in total. The number of aryl methyl sites for hydroxylation is 1. The van der Waals surface area contributed by atoms with Gasteiger partial charge in [0, 0.05) is 15.5 Å². The van der Waals surface area contributed by atoms with Crippen LogP contribution in [0.5, 0.6) is 5.75 Å². The average molecular weight is 311 g/mol. The van der Waals surface area contributed by atoms with Crippen LogP contribution in [0.1, 0.15) is 35.5 Å². The Morgan fingerprint density at radius 1 is 1.45 bits per heavy atom. The van der Waals surface area contributed by atoms with Crippen LogP contribution in [0.4, 0.5) is 0 Å². The molecule has 0 aliphatic carbocycles. The number of halogens is 1. The fourth-order valence-corrected chi connectivity index (χ4v) is 3.23. The lowest BCUT2D eigenvalue weighted by atomic mass is 10.0. The Morgan fingerprint density at radius 3 is 2.85 bits per heavy atom. The van der Waals surface area contributed by atoms with E-state index >= 15 is 0 Å². The zero-order valence-electron chi connectivity index (χ0n) is 11.9. The van der Waals surface area contributed by atoms with Gasteiger partial charge in [-0.1, -0.05) is 18.5 Å². The van der Waals surface area contributed by atoms with Gasteiger partial charge in [0.1, 0.15) is 5.75 Å². The maximum atomic E-state index is 6.16. The molecule has 0 radical (unpaired) electrons. The van der Waals surface area contributed by atoms with Gasteiger partial charge < -0.3 is 10.1 Å². The number of benzene rings is 1. The van der Waals surface area contributed by atoms with Crippen molar-refractivity contribution in [3.8, 4) is 5.75 Å². The molecule has 3 nitrogen and oxygen atoms in total. The van der Waals surface area contributed by atoms with Crippen molar-refractivity contribution in [2.24, 2.45) is 0 Å². The van der Waals surface area contributed by atoms with E-state index in [2.05, 4.69) is 17.2 Å². The molecule has 1 aromatic carbocycles. The molecule has 0 aliphatic heterocycles. The molecule has 20 heavy (non-hydrogen) atoms. The van der Waals surface area contributed by atoms with Gasteiger partial charge in [-0.15, -0.1) is 11.3 Å². The van der Waals surface area contributed by atoms with Gasteiger partial charge in [0.2, 0.25) is 0 Å². The molecule has 108 valence electrons. The van der Waals surface area contributed by atoms with Crippen molar-refractivity contribution in [3.63, 3.8) is 0 Å². The molecule has 0 spiro atoms. The molecular formula is C15H19ClN2OS. The highest BCUT2D eigenvalue weighted by Gasteiger charge is 2.21. The van der Waals surface area contributed by atoms with Gasteiger partial charge in [0.15, 0.2) is 0 Å². The molecular weight excluding hydrogens is 292 g/mol. The minimum Gasteiger partial charge on any atom is -0.496 e. The van der Waals surface area contributed by atoms with E-state index in [1.807, 2.05) is 30.6 Å². The van der Waals surface area contributed by atoms with Crippen LogP contribution in [0.15, 0.2) is 23.7 Å². The fourth-order valence-electron chi connectivity index (χ4n) is 2.15. The van der Waals surface area contributed by atoms with E-state index in [0.717, 1.165) is 30.0 Å².